The number of ketones is 1. The molecule has 0 radical (unpaired) electrons. The lowest BCUT2D eigenvalue weighted by Gasteiger charge is -2.22. The van der Waals surface area contributed by atoms with Gasteiger partial charge in [0, 0.05) is 6.42 Å². The second-order valence-corrected chi connectivity index (χ2v) is 6.18. The van der Waals surface area contributed by atoms with Gasteiger partial charge in [0.1, 0.15) is 22.9 Å². The Morgan fingerprint density at radius 3 is 2.56 bits per heavy atom. The first-order valence-corrected chi connectivity index (χ1v) is 8.30. The number of carbonyl (C=O) groups is 2. The summed E-state index contributed by atoms with van der Waals surface area (Å²) in [6.45, 7) is 2.04. The summed E-state index contributed by atoms with van der Waals surface area (Å²) in [5.41, 5.74) is -0.254. The van der Waals surface area contributed by atoms with Gasteiger partial charge in [-0.15, -0.1) is 0 Å². The summed E-state index contributed by atoms with van der Waals surface area (Å²) in [5.74, 6) is -2.68. The van der Waals surface area contributed by atoms with Crippen molar-refractivity contribution in [2.75, 3.05) is 19.6 Å². The molecular weight excluding hydrogens is 328 g/mol. The third-order valence-electron chi connectivity index (χ3n) is 4.43. The van der Waals surface area contributed by atoms with Crippen LogP contribution < -0.4 is 10.6 Å². The minimum atomic E-state index is -0.949. The van der Waals surface area contributed by atoms with E-state index in [0.29, 0.717) is 6.42 Å². The summed E-state index contributed by atoms with van der Waals surface area (Å²) in [5, 5.41) is 5.66. The van der Waals surface area contributed by atoms with E-state index in [9.17, 15) is 18.4 Å². The van der Waals surface area contributed by atoms with Crippen LogP contribution in [-0.4, -0.2) is 37.0 Å². The van der Waals surface area contributed by atoms with Crippen molar-refractivity contribution in [3.8, 4) is 0 Å². The number of halogens is 2. The molecule has 2 aliphatic heterocycles. The fraction of sp³-hybridized carbons (Fsp3) is 0.389. The molecule has 3 rings (SSSR count). The minimum Gasteiger partial charge on any atom is -0.320 e. The van der Waals surface area contributed by atoms with Crippen LogP contribution in [-0.2, 0) is 4.79 Å². The normalized spacial score (nSPS) is 17.8. The molecule has 1 amide bonds. The van der Waals surface area contributed by atoms with Crippen molar-refractivity contribution >= 4 is 17.4 Å². The number of Topliss-reactive ketones (excluding diaryl/α,β-unsaturated/α-hetero) is 1. The topological polar surface area (TPSA) is 70.6 Å². The molecule has 2 N–H and O–H groups in total. The number of piperidine rings is 1. The van der Waals surface area contributed by atoms with Crippen molar-refractivity contribution in [2.45, 2.75) is 19.3 Å². The molecule has 2 aliphatic rings. The molecule has 0 unspecified atom stereocenters. The van der Waals surface area contributed by atoms with E-state index in [-0.39, 0.29) is 29.7 Å². The largest absolute Gasteiger partial charge is 0.320 e. The first-order valence-electron chi connectivity index (χ1n) is 8.30. The van der Waals surface area contributed by atoms with Crippen LogP contribution >= 0.6 is 0 Å². The maximum absolute atomic E-state index is 13.7. The zero-order valence-electron chi connectivity index (χ0n) is 13.6. The Bertz CT molecular complexity index is 732. The maximum atomic E-state index is 13.7. The van der Waals surface area contributed by atoms with Crippen molar-refractivity contribution in [2.24, 2.45) is 10.9 Å². The van der Waals surface area contributed by atoms with Gasteiger partial charge in [-0.3, -0.25) is 14.6 Å². The zero-order chi connectivity index (χ0) is 17.8. The van der Waals surface area contributed by atoms with Crippen LogP contribution in [0.1, 0.15) is 29.6 Å². The number of nitrogens with one attached hydrogen (secondary N) is 2. The lowest BCUT2D eigenvalue weighted by Crippen LogP contribution is -2.33. The van der Waals surface area contributed by atoms with Crippen LogP contribution in [0.5, 0.6) is 0 Å². The van der Waals surface area contributed by atoms with Gasteiger partial charge in [0.25, 0.3) is 5.91 Å². The Labute approximate surface area is 144 Å². The van der Waals surface area contributed by atoms with Gasteiger partial charge in [-0.25, -0.2) is 8.78 Å². The highest BCUT2D eigenvalue weighted by Gasteiger charge is 2.26. The predicted molar refractivity (Wildman–Crippen MR) is 89.4 cm³/mol. The summed E-state index contributed by atoms with van der Waals surface area (Å²) in [6, 6.07) is 3.21. The van der Waals surface area contributed by atoms with E-state index in [1.54, 1.807) is 6.08 Å². The monoisotopic (exact) mass is 347 g/mol. The van der Waals surface area contributed by atoms with Crippen LogP contribution in [0.25, 0.3) is 0 Å². The Balaban J connectivity index is 1.67. The van der Waals surface area contributed by atoms with E-state index in [1.165, 1.54) is 6.07 Å². The molecule has 7 heteroatoms. The molecule has 0 atom stereocenters. The van der Waals surface area contributed by atoms with Crippen LogP contribution in [0, 0.1) is 17.6 Å². The average molecular weight is 347 g/mol. The Morgan fingerprint density at radius 1 is 1.20 bits per heavy atom. The molecule has 1 fully saturated rings. The Hall–Kier alpha value is -2.41. The molecular formula is C18H19F2N3O2. The van der Waals surface area contributed by atoms with Crippen molar-refractivity contribution in [1.82, 2.24) is 10.6 Å². The van der Waals surface area contributed by atoms with E-state index in [4.69, 9.17) is 0 Å². The summed E-state index contributed by atoms with van der Waals surface area (Å²) >= 11 is 0. The minimum absolute atomic E-state index is 0.148. The predicted octanol–water partition coefficient (Wildman–Crippen LogP) is 1.99. The standard InChI is InChI=1S/C18H19F2N3O2/c19-12-2-1-3-13(20)16(12)18(25)23-14-6-9-22-17(14)15(24)10-11-4-7-21-8-5-11/h1-3,6,11,21H,4-5,7-10H2,(H,23,25). The van der Waals surface area contributed by atoms with E-state index in [1.807, 2.05) is 0 Å². The second-order valence-electron chi connectivity index (χ2n) is 6.18. The van der Waals surface area contributed by atoms with Crippen LogP contribution in [0.4, 0.5) is 8.78 Å². The number of carbonyl (C=O) groups excluding carboxylic acids is 2. The molecule has 1 aromatic carbocycles. The number of hydrogen-bond acceptors (Lipinski definition) is 4. The molecule has 0 aromatic heterocycles. The van der Waals surface area contributed by atoms with Crippen LogP contribution in [0.15, 0.2) is 35.0 Å². The second kappa shape index (κ2) is 7.65. The number of nitrogens with zero attached hydrogens (tertiary/aromatic N) is 1. The van der Waals surface area contributed by atoms with Crippen LogP contribution in [0.2, 0.25) is 0 Å². The number of amides is 1. The summed E-state index contributed by atoms with van der Waals surface area (Å²) in [4.78, 5) is 28.8. The average Bonchev–Trinajstić information content (AvgIpc) is 3.04. The first kappa shape index (κ1) is 17.4. The lowest BCUT2D eigenvalue weighted by atomic mass is 9.91. The van der Waals surface area contributed by atoms with E-state index in [2.05, 4.69) is 15.6 Å². The number of aliphatic imine (C=N–C) groups is 1. The van der Waals surface area contributed by atoms with Gasteiger partial charge in [0.05, 0.1) is 12.2 Å². The molecule has 5 nitrogen and oxygen atoms in total. The SMILES string of the molecule is O=C(CC1CCNCC1)C1=NCC=C1NC(=O)c1c(F)cccc1F. The Morgan fingerprint density at radius 2 is 1.88 bits per heavy atom. The smallest absolute Gasteiger partial charge is 0.261 e. The highest BCUT2D eigenvalue weighted by atomic mass is 19.1. The molecule has 0 spiro atoms. The zero-order valence-corrected chi connectivity index (χ0v) is 13.6. The van der Waals surface area contributed by atoms with Gasteiger partial charge in [0.15, 0.2) is 5.78 Å². The molecule has 0 bridgehead atoms. The molecule has 25 heavy (non-hydrogen) atoms. The molecule has 0 aliphatic carbocycles. The Kier molecular flexibility index (Phi) is 5.33. The van der Waals surface area contributed by atoms with Gasteiger partial charge in [-0.05, 0) is 50.1 Å². The summed E-state index contributed by atoms with van der Waals surface area (Å²) in [7, 11) is 0. The fourth-order valence-corrected chi connectivity index (χ4v) is 3.10. The van der Waals surface area contributed by atoms with E-state index < -0.39 is 23.1 Å². The van der Waals surface area contributed by atoms with Gasteiger partial charge < -0.3 is 10.6 Å². The highest BCUT2D eigenvalue weighted by Crippen LogP contribution is 2.19. The summed E-state index contributed by atoms with van der Waals surface area (Å²) in [6.07, 6.45) is 3.78. The lowest BCUT2D eigenvalue weighted by molar-refractivity contribution is -0.113. The third kappa shape index (κ3) is 3.99. The van der Waals surface area contributed by atoms with Gasteiger partial charge >= 0.3 is 0 Å². The van der Waals surface area contributed by atoms with E-state index in [0.717, 1.165) is 38.1 Å². The van der Waals surface area contributed by atoms with Gasteiger partial charge in [-0.1, -0.05) is 6.07 Å². The van der Waals surface area contributed by atoms with E-state index >= 15 is 0 Å². The maximum Gasteiger partial charge on any atom is 0.261 e. The molecule has 0 saturated carbocycles. The van der Waals surface area contributed by atoms with Crippen molar-refractivity contribution in [1.29, 1.82) is 0 Å². The van der Waals surface area contributed by atoms with Crippen molar-refractivity contribution < 1.29 is 18.4 Å². The van der Waals surface area contributed by atoms with Crippen molar-refractivity contribution in [3.63, 3.8) is 0 Å². The summed E-state index contributed by atoms with van der Waals surface area (Å²) < 4.78 is 27.4. The number of allylic oxidation sites excluding steroid dienone is 1. The van der Waals surface area contributed by atoms with Gasteiger partial charge in [0.2, 0.25) is 0 Å². The fourth-order valence-electron chi connectivity index (χ4n) is 3.10. The molecule has 132 valence electrons. The first-order chi connectivity index (χ1) is 12.1. The molecule has 2 heterocycles. The number of rotatable bonds is 5. The molecule has 1 aromatic rings. The van der Waals surface area contributed by atoms with Gasteiger partial charge in [-0.2, -0.15) is 0 Å². The highest BCUT2D eigenvalue weighted by molar-refractivity contribution is 6.47. The quantitative estimate of drug-likeness (QED) is 0.856. The third-order valence-corrected chi connectivity index (χ3v) is 4.43. The van der Waals surface area contributed by atoms with Crippen LogP contribution in [0.3, 0.4) is 0 Å². The van der Waals surface area contributed by atoms with Crippen molar-refractivity contribution in [3.05, 3.63) is 47.2 Å². The molecule has 1 saturated heterocycles. The number of hydrogen-bond donors (Lipinski definition) is 2. The number of benzene rings is 1.